The summed E-state index contributed by atoms with van der Waals surface area (Å²) < 4.78 is 0. The Morgan fingerprint density at radius 3 is 3.00 bits per heavy atom. The Morgan fingerprint density at radius 2 is 2.33 bits per heavy atom. The molecule has 0 saturated heterocycles. The lowest BCUT2D eigenvalue weighted by Gasteiger charge is -2.16. The van der Waals surface area contributed by atoms with Crippen molar-refractivity contribution in [2.75, 3.05) is 11.9 Å². The van der Waals surface area contributed by atoms with Crippen LogP contribution in [0.1, 0.15) is 19.3 Å². The molecular weight excluding hydrogens is 256 g/mol. The molecule has 18 heavy (non-hydrogen) atoms. The van der Waals surface area contributed by atoms with Crippen molar-refractivity contribution in [1.82, 2.24) is 15.5 Å². The van der Waals surface area contributed by atoms with Gasteiger partial charge < -0.3 is 10.4 Å². The van der Waals surface area contributed by atoms with E-state index in [0.717, 1.165) is 12.8 Å². The SMILES string of the molecule is O=C(NCC1CCCC1C(=O)O)Nc1nncs1. The zero-order valence-corrected chi connectivity index (χ0v) is 10.4. The van der Waals surface area contributed by atoms with Gasteiger partial charge in [0.15, 0.2) is 0 Å². The molecule has 1 saturated carbocycles. The van der Waals surface area contributed by atoms with E-state index in [9.17, 15) is 9.59 Å². The van der Waals surface area contributed by atoms with Gasteiger partial charge in [0.2, 0.25) is 5.13 Å². The lowest BCUT2D eigenvalue weighted by atomic mass is 9.96. The fourth-order valence-corrected chi connectivity index (χ4v) is 2.64. The van der Waals surface area contributed by atoms with E-state index in [0.29, 0.717) is 18.1 Å². The minimum absolute atomic E-state index is 0.0164. The van der Waals surface area contributed by atoms with Crippen LogP contribution < -0.4 is 10.6 Å². The lowest BCUT2D eigenvalue weighted by Crippen LogP contribution is -2.35. The van der Waals surface area contributed by atoms with Crippen LogP contribution in [0.4, 0.5) is 9.93 Å². The molecule has 7 nitrogen and oxygen atoms in total. The third kappa shape index (κ3) is 3.16. The first-order valence-electron chi connectivity index (χ1n) is 5.70. The molecule has 0 radical (unpaired) electrons. The molecule has 2 amide bonds. The highest BCUT2D eigenvalue weighted by molar-refractivity contribution is 7.13. The van der Waals surface area contributed by atoms with E-state index >= 15 is 0 Å². The van der Waals surface area contributed by atoms with Crippen molar-refractivity contribution in [3.8, 4) is 0 Å². The number of hydrogen-bond donors (Lipinski definition) is 3. The number of anilines is 1. The van der Waals surface area contributed by atoms with E-state index in [1.54, 1.807) is 0 Å². The van der Waals surface area contributed by atoms with Crippen molar-refractivity contribution in [2.45, 2.75) is 19.3 Å². The Hall–Kier alpha value is -1.70. The highest BCUT2D eigenvalue weighted by atomic mass is 32.1. The topological polar surface area (TPSA) is 104 Å². The summed E-state index contributed by atoms with van der Waals surface area (Å²) in [6, 6.07) is -0.372. The molecule has 0 bridgehead atoms. The molecule has 8 heteroatoms. The number of aromatic nitrogens is 2. The van der Waals surface area contributed by atoms with Gasteiger partial charge in [-0.05, 0) is 18.8 Å². The normalized spacial score (nSPS) is 22.7. The Bertz CT molecular complexity index is 423. The smallest absolute Gasteiger partial charge is 0.321 e. The average molecular weight is 270 g/mol. The second kappa shape index (κ2) is 5.76. The van der Waals surface area contributed by atoms with Crippen LogP contribution in [0.2, 0.25) is 0 Å². The number of amides is 2. The summed E-state index contributed by atoms with van der Waals surface area (Å²) in [5.74, 6) is -1.10. The first-order chi connectivity index (χ1) is 8.66. The standard InChI is InChI=1S/C10H14N4O3S/c15-8(16)7-3-1-2-6(7)4-11-9(17)13-10-14-12-5-18-10/h5-7H,1-4H2,(H,15,16)(H2,11,13,14,17). The maximum Gasteiger partial charge on any atom is 0.321 e. The molecule has 1 aromatic heterocycles. The Balaban J connectivity index is 1.77. The third-order valence-electron chi connectivity index (χ3n) is 3.08. The van der Waals surface area contributed by atoms with Gasteiger partial charge in [-0.3, -0.25) is 10.1 Å². The molecule has 2 atom stereocenters. The average Bonchev–Trinajstić information content (AvgIpc) is 2.96. The number of carboxylic acids is 1. The van der Waals surface area contributed by atoms with Gasteiger partial charge in [-0.15, -0.1) is 10.2 Å². The van der Waals surface area contributed by atoms with E-state index in [4.69, 9.17) is 5.11 Å². The highest BCUT2D eigenvalue weighted by Gasteiger charge is 2.32. The highest BCUT2D eigenvalue weighted by Crippen LogP contribution is 2.31. The summed E-state index contributed by atoms with van der Waals surface area (Å²) in [6.45, 7) is 0.377. The fraction of sp³-hybridized carbons (Fsp3) is 0.600. The van der Waals surface area contributed by atoms with Crippen LogP contribution >= 0.6 is 11.3 Å². The summed E-state index contributed by atoms with van der Waals surface area (Å²) in [5, 5.41) is 21.9. The van der Waals surface area contributed by atoms with Gasteiger partial charge in [-0.1, -0.05) is 17.8 Å². The van der Waals surface area contributed by atoms with E-state index in [-0.39, 0.29) is 17.9 Å². The van der Waals surface area contributed by atoms with Gasteiger partial charge in [-0.25, -0.2) is 4.79 Å². The van der Waals surface area contributed by atoms with Crippen molar-refractivity contribution >= 4 is 28.5 Å². The molecule has 1 aromatic rings. The molecule has 0 aromatic carbocycles. The van der Waals surface area contributed by atoms with Crippen LogP contribution in [-0.4, -0.2) is 33.8 Å². The number of carbonyl (C=O) groups is 2. The fourth-order valence-electron chi connectivity index (χ4n) is 2.20. The minimum Gasteiger partial charge on any atom is -0.481 e. The van der Waals surface area contributed by atoms with E-state index in [1.807, 2.05) is 0 Å². The number of carboxylic acid groups (broad SMARTS) is 1. The molecular formula is C10H14N4O3S. The van der Waals surface area contributed by atoms with Gasteiger partial charge in [0, 0.05) is 6.54 Å². The molecule has 1 aliphatic rings. The van der Waals surface area contributed by atoms with Crippen LogP contribution in [0.5, 0.6) is 0 Å². The Labute approximate surface area is 108 Å². The van der Waals surface area contributed by atoms with Crippen molar-refractivity contribution in [2.24, 2.45) is 11.8 Å². The zero-order chi connectivity index (χ0) is 13.0. The second-order valence-electron chi connectivity index (χ2n) is 4.21. The Morgan fingerprint density at radius 1 is 1.50 bits per heavy atom. The number of aliphatic carboxylic acids is 1. The largest absolute Gasteiger partial charge is 0.481 e. The van der Waals surface area contributed by atoms with Gasteiger partial charge in [0.05, 0.1) is 5.92 Å². The van der Waals surface area contributed by atoms with E-state index in [2.05, 4.69) is 20.8 Å². The van der Waals surface area contributed by atoms with Gasteiger partial charge in [0.25, 0.3) is 0 Å². The van der Waals surface area contributed by atoms with Crippen LogP contribution in [0.15, 0.2) is 5.51 Å². The first-order valence-corrected chi connectivity index (χ1v) is 6.58. The molecule has 98 valence electrons. The summed E-state index contributed by atoms with van der Waals surface area (Å²) in [7, 11) is 0. The van der Waals surface area contributed by atoms with Gasteiger partial charge in [0.1, 0.15) is 5.51 Å². The third-order valence-corrected chi connectivity index (χ3v) is 3.69. The number of carbonyl (C=O) groups excluding carboxylic acids is 1. The summed E-state index contributed by atoms with van der Waals surface area (Å²) in [5.41, 5.74) is 1.52. The first kappa shape index (κ1) is 12.7. The van der Waals surface area contributed by atoms with Crippen molar-refractivity contribution in [1.29, 1.82) is 0 Å². The van der Waals surface area contributed by atoms with Crippen LogP contribution in [-0.2, 0) is 4.79 Å². The van der Waals surface area contributed by atoms with Gasteiger partial charge in [-0.2, -0.15) is 0 Å². The quantitative estimate of drug-likeness (QED) is 0.761. The van der Waals surface area contributed by atoms with Crippen molar-refractivity contribution in [3.63, 3.8) is 0 Å². The van der Waals surface area contributed by atoms with Crippen molar-refractivity contribution in [3.05, 3.63) is 5.51 Å². The summed E-state index contributed by atoms with van der Waals surface area (Å²) in [4.78, 5) is 22.5. The number of rotatable bonds is 4. The molecule has 1 fully saturated rings. The summed E-state index contributed by atoms with van der Waals surface area (Å²) >= 11 is 1.23. The summed E-state index contributed by atoms with van der Waals surface area (Å²) in [6.07, 6.45) is 2.44. The molecule has 3 N–H and O–H groups in total. The van der Waals surface area contributed by atoms with Crippen LogP contribution in [0, 0.1) is 11.8 Å². The molecule has 0 aliphatic heterocycles. The lowest BCUT2D eigenvalue weighted by molar-refractivity contribution is -0.142. The Kier molecular flexibility index (Phi) is 4.08. The van der Waals surface area contributed by atoms with Gasteiger partial charge >= 0.3 is 12.0 Å². The number of nitrogens with one attached hydrogen (secondary N) is 2. The van der Waals surface area contributed by atoms with E-state index < -0.39 is 5.97 Å². The molecule has 2 rings (SSSR count). The maximum atomic E-state index is 11.5. The minimum atomic E-state index is -0.774. The molecule has 1 heterocycles. The molecule has 2 unspecified atom stereocenters. The van der Waals surface area contributed by atoms with Crippen LogP contribution in [0.3, 0.4) is 0 Å². The number of urea groups is 1. The monoisotopic (exact) mass is 270 g/mol. The molecule has 0 spiro atoms. The predicted octanol–water partition coefficient (Wildman–Crippen LogP) is 1.16. The maximum absolute atomic E-state index is 11.5. The van der Waals surface area contributed by atoms with E-state index in [1.165, 1.54) is 16.8 Å². The zero-order valence-electron chi connectivity index (χ0n) is 9.63. The number of nitrogens with zero attached hydrogens (tertiary/aromatic N) is 2. The predicted molar refractivity (Wildman–Crippen MR) is 65.4 cm³/mol. The second-order valence-corrected chi connectivity index (χ2v) is 5.05. The molecule has 1 aliphatic carbocycles. The van der Waals surface area contributed by atoms with Crippen molar-refractivity contribution < 1.29 is 14.7 Å². The van der Waals surface area contributed by atoms with Crippen LogP contribution in [0.25, 0.3) is 0 Å². The number of hydrogen-bond acceptors (Lipinski definition) is 5.